The van der Waals surface area contributed by atoms with Crippen LogP contribution in [0.4, 0.5) is 4.79 Å². The molecule has 154 valence electrons. The first-order valence-corrected chi connectivity index (χ1v) is 9.34. The normalized spacial score (nSPS) is 15.2. The molecule has 0 aromatic carbocycles. The van der Waals surface area contributed by atoms with E-state index in [1.54, 1.807) is 11.9 Å². The Bertz CT molecular complexity index is 814. The van der Waals surface area contributed by atoms with Gasteiger partial charge in [-0.1, -0.05) is 6.07 Å². The topological polar surface area (TPSA) is 83.3 Å². The van der Waals surface area contributed by atoms with Crippen LogP contribution in [0.2, 0.25) is 0 Å². The fourth-order valence-corrected chi connectivity index (χ4v) is 3.36. The summed E-state index contributed by atoms with van der Waals surface area (Å²) < 4.78 is 6.84. The van der Waals surface area contributed by atoms with Crippen LogP contribution in [0.15, 0.2) is 29.5 Å². The number of ether oxygens (including phenoxy) is 1. The minimum absolute atomic E-state index is 0. The molecule has 0 radical (unpaired) electrons. The Morgan fingerprint density at radius 1 is 1.39 bits per heavy atom. The van der Waals surface area contributed by atoms with E-state index in [4.69, 9.17) is 9.72 Å². The molecule has 0 saturated carbocycles. The van der Waals surface area contributed by atoms with Gasteiger partial charge >= 0.3 is 6.09 Å². The number of pyridine rings is 1. The van der Waals surface area contributed by atoms with Gasteiger partial charge in [-0.2, -0.15) is 0 Å². The number of rotatable bonds is 4. The summed E-state index contributed by atoms with van der Waals surface area (Å²) in [4.78, 5) is 22.3. The van der Waals surface area contributed by atoms with Gasteiger partial charge in [-0.25, -0.2) is 9.78 Å². The second-order valence-electron chi connectivity index (χ2n) is 6.78. The Hall–Kier alpha value is -2.04. The number of carbonyl (C=O) groups is 1. The molecule has 9 heteroatoms. The maximum absolute atomic E-state index is 11.6. The number of aliphatic imine (C=N–C) groups is 1. The van der Waals surface area contributed by atoms with Crippen LogP contribution in [0, 0.1) is 6.92 Å². The van der Waals surface area contributed by atoms with Crippen LogP contribution in [0.25, 0.3) is 5.65 Å². The molecule has 28 heavy (non-hydrogen) atoms. The summed E-state index contributed by atoms with van der Waals surface area (Å²) in [6.07, 6.45) is 6.42. The zero-order valence-electron chi connectivity index (χ0n) is 16.6. The number of likely N-dealkylation sites (tertiary alicyclic amines) is 1. The molecule has 2 aromatic heterocycles. The summed E-state index contributed by atoms with van der Waals surface area (Å²) in [6, 6.07) is 4.40. The van der Waals surface area contributed by atoms with Gasteiger partial charge in [-0.15, -0.1) is 24.0 Å². The highest BCUT2D eigenvalue weighted by atomic mass is 127. The third-order valence-electron chi connectivity index (χ3n) is 4.89. The fourth-order valence-electron chi connectivity index (χ4n) is 3.36. The lowest BCUT2D eigenvalue weighted by molar-refractivity contribution is 0.111. The number of methoxy groups -OCH3 is 1. The van der Waals surface area contributed by atoms with Gasteiger partial charge in [0.15, 0.2) is 5.96 Å². The molecule has 2 N–H and O–H groups in total. The molecule has 2 aromatic rings. The summed E-state index contributed by atoms with van der Waals surface area (Å²) in [5.41, 5.74) is 3.23. The molecule has 0 atom stereocenters. The van der Waals surface area contributed by atoms with Crippen molar-refractivity contribution in [3.05, 3.63) is 35.8 Å². The average molecular weight is 500 g/mol. The van der Waals surface area contributed by atoms with E-state index < -0.39 is 0 Å². The van der Waals surface area contributed by atoms with E-state index in [1.165, 1.54) is 12.7 Å². The molecular formula is C19H29IN6O2. The van der Waals surface area contributed by atoms with Crippen molar-refractivity contribution >= 4 is 41.7 Å². The monoisotopic (exact) mass is 500 g/mol. The third kappa shape index (κ3) is 5.49. The van der Waals surface area contributed by atoms with Crippen LogP contribution in [0.3, 0.4) is 0 Å². The van der Waals surface area contributed by atoms with E-state index in [0.29, 0.717) is 19.1 Å². The number of halogens is 1. The molecule has 1 saturated heterocycles. The van der Waals surface area contributed by atoms with E-state index in [-0.39, 0.29) is 30.1 Å². The first-order valence-electron chi connectivity index (χ1n) is 9.34. The van der Waals surface area contributed by atoms with Gasteiger partial charge in [0.25, 0.3) is 0 Å². The van der Waals surface area contributed by atoms with Crippen LogP contribution in [0.5, 0.6) is 0 Å². The number of guanidine groups is 1. The van der Waals surface area contributed by atoms with Crippen LogP contribution in [-0.4, -0.2) is 66.2 Å². The van der Waals surface area contributed by atoms with Gasteiger partial charge in [-0.3, -0.25) is 4.99 Å². The number of hydrogen-bond donors (Lipinski definition) is 2. The molecule has 3 rings (SSSR count). The molecule has 3 heterocycles. The number of aryl methyl sites for hydroxylation is 1. The molecule has 1 amide bonds. The van der Waals surface area contributed by atoms with Crippen LogP contribution < -0.4 is 10.6 Å². The minimum Gasteiger partial charge on any atom is -0.453 e. The van der Waals surface area contributed by atoms with E-state index in [0.717, 1.165) is 43.1 Å². The zero-order chi connectivity index (χ0) is 19.2. The lowest BCUT2D eigenvalue weighted by Gasteiger charge is -2.32. The number of imidazole rings is 1. The van der Waals surface area contributed by atoms with Gasteiger partial charge in [0, 0.05) is 51.5 Å². The number of nitrogens with one attached hydrogen (secondary N) is 2. The molecule has 0 bridgehead atoms. The molecule has 1 aliphatic rings. The van der Waals surface area contributed by atoms with Crippen molar-refractivity contribution in [2.75, 3.05) is 33.8 Å². The van der Waals surface area contributed by atoms with Gasteiger partial charge in [0.2, 0.25) is 0 Å². The van der Waals surface area contributed by atoms with Crippen molar-refractivity contribution < 1.29 is 9.53 Å². The summed E-state index contributed by atoms with van der Waals surface area (Å²) in [5, 5.41) is 6.79. The number of piperidine rings is 1. The van der Waals surface area contributed by atoms with E-state index in [9.17, 15) is 4.79 Å². The largest absolute Gasteiger partial charge is 0.453 e. The highest BCUT2D eigenvalue weighted by Gasteiger charge is 2.23. The van der Waals surface area contributed by atoms with Crippen molar-refractivity contribution in [2.24, 2.45) is 4.99 Å². The summed E-state index contributed by atoms with van der Waals surface area (Å²) >= 11 is 0. The summed E-state index contributed by atoms with van der Waals surface area (Å²) in [5.74, 6) is 0.784. The average Bonchev–Trinajstić information content (AvgIpc) is 3.11. The highest BCUT2D eigenvalue weighted by Crippen LogP contribution is 2.12. The lowest BCUT2D eigenvalue weighted by Crippen LogP contribution is -2.50. The predicted octanol–water partition coefficient (Wildman–Crippen LogP) is 2.20. The fraction of sp³-hybridized carbons (Fsp3) is 0.526. The number of aromatic nitrogens is 2. The van der Waals surface area contributed by atoms with E-state index in [2.05, 4.69) is 39.2 Å². The van der Waals surface area contributed by atoms with Crippen molar-refractivity contribution in [3.63, 3.8) is 0 Å². The van der Waals surface area contributed by atoms with Crippen molar-refractivity contribution in [1.82, 2.24) is 24.9 Å². The number of carbonyl (C=O) groups excluding carboxylic acids is 1. The maximum atomic E-state index is 11.6. The van der Waals surface area contributed by atoms with Crippen LogP contribution >= 0.6 is 24.0 Å². The zero-order valence-corrected chi connectivity index (χ0v) is 19.0. The molecule has 8 nitrogen and oxygen atoms in total. The Morgan fingerprint density at radius 2 is 2.14 bits per heavy atom. The maximum Gasteiger partial charge on any atom is 0.409 e. The van der Waals surface area contributed by atoms with Gasteiger partial charge in [0.05, 0.1) is 12.8 Å². The quantitative estimate of drug-likeness (QED) is 0.382. The van der Waals surface area contributed by atoms with Crippen LogP contribution in [0.1, 0.15) is 24.1 Å². The Balaban J connectivity index is 0.00000280. The second kappa shape index (κ2) is 10.5. The Morgan fingerprint density at radius 3 is 2.79 bits per heavy atom. The predicted molar refractivity (Wildman–Crippen MR) is 121 cm³/mol. The highest BCUT2D eigenvalue weighted by molar-refractivity contribution is 14.0. The van der Waals surface area contributed by atoms with Gasteiger partial charge in [-0.05, 0) is 31.4 Å². The van der Waals surface area contributed by atoms with Gasteiger partial charge < -0.3 is 24.7 Å². The Kier molecular flexibility index (Phi) is 8.34. The smallest absolute Gasteiger partial charge is 0.409 e. The summed E-state index contributed by atoms with van der Waals surface area (Å²) in [7, 11) is 3.19. The molecule has 1 aliphatic heterocycles. The molecular weight excluding hydrogens is 471 g/mol. The molecule has 0 aliphatic carbocycles. The number of nitrogens with zero attached hydrogens (tertiary/aromatic N) is 4. The Labute approximate surface area is 182 Å². The molecule has 1 fully saturated rings. The van der Waals surface area contributed by atoms with Crippen molar-refractivity contribution in [1.29, 1.82) is 0 Å². The van der Waals surface area contributed by atoms with Crippen molar-refractivity contribution in [3.8, 4) is 0 Å². The first-order chi connectivity index (χ1) is 13.1. The van der Waals surface area contributed by atoms with Crippen LogP contribution in [-0.2, 0) is 11.2 Å². The molecule has 0 unspecified atom stereocenters. The SMILES string of the molecule is CN=C(NCCc1cn2cccc(C)c2n1)NC1CCN(C(=O)OC)CC1.I. The summed E-state index contributed by atoms with van der Waals surface area (Å²) in [6.45, 7) is 4.22. The second-order valence-corrected chi connectivity index (χ2v) is 6.78. The number of amides is 1. The third-order valence-corrected chi connectivity index (χ3v) is 4.89. The first kappa shape index (κ1) is 22.3. The minimum atomic E-state index is -0.251. The van der Waals surface area contributed by atoms with E-state index >= 15 is 0 Å². The lowest BCUT2D eigenvalue weighted by atomic mass is 10.1. The van der Waals surface area contributed by atoms with Crippen molar-refractivity contribution in [2.45, 2.75) is 32.2 Å². The molecule has 0 spiro atoms. The van der Waals surface area contributed by atoms with E-state index in [1.807, 2.05) is 12.3 Å². The number of fused-ring (bicyclic) bond motifs is 1. The standard InChI is InChI=1S/C19H28N6O2.HI/c1-14-5-4-10-25-13-16(22-17(14)25)6-9-21-18(20-2)23-15-7-11-24(12-8-15)19(26)27-3;/h4-5,10,13,15H,6-9,11-12H2,1-3H3,(H2,20,21,23);1H. The van der Waals surface area contributed by atoms with Gasteiger partial charge in [0.1, 0.15) is 5.65 Å². The number of hydrogen-bond acceptors (Lipinski definition) is 4.